The zero-order valence-corrected chi connectivity index (χ0v) is 22.1. The van der Waals surface area contributed by atoms with E-state index in [1.54, 1.807) is 24.0 Å². The van der Waals surface area contributed by atoms with E-state index in [0.717, 1.165) is 15.9 Å². The van der Waals surface area contributed by atoms with Crippen LogP contribution >= 0.6 is 0 Å². The summed E-state index contributed by atoms with van der Waals surface area (Å²) in [6, 6.07) is 16.6. The smallest absolute Gasteiger partial charge is 0.435 e. The number of rotatable bonds is 6. The van der Waals surface area contributed by atoms with Gasteiger partial charge in [-0.05, 0) is 56.5 Å². The molecule has 2 amide bonds. The van der Waals surface area contributed by atoms with E-state index >= 15 is 0 Å². The van der Waals surface area contributed by atoms with E-state index in [2.05, 4.69) is 15.3 Å². The summed E-state index contributed by atoms with van der Waals surface area (Å²) in [7, 11) is 0. The normalized spacial score (nSPS) is 16.1. The SMILES string of the molecule is CCOC(=O)n1nc(NC(=O)c2ccc(N3CCC(F)CC3)cc2)c2c1CN(C(=O)[C@H](C)c1ccccc1)C2. The molecule has 0 aliphatic carbocycles. The molecule has 1 atom stereocenters. The van der Waals surface area contributed by atoms with Crippen molar-refractivity contribution in [3.05, 3.63) is 77.0 Å². The number of anilines is 2. The van der Waals surface area contributed by atoms with Crippen molar-refractivity contribution in [2.24, 2.45) is 0 Å². The number of halogens is 1. The number of fused-ring (bicyclic) bond motifs is 1. The summed E-state index contributed by atoms with van der Waals surface area (Å²) < 4.78 is 19.8. The van der Waals surface area contributed by atoms with E-state index in [-0.39, 0.29) is 43.2 Å². The Bertz CT molecular complexity index is 1350. The number of carbonyl (C=O) groups excluding carboxylic acids is 3. The molecule has 0 spiro atoms. The van der Waals surface area contributed by atoms with Crippen LogP contribution in [0, 0.1) is 0 Å². The van der Waals surface area contributed by atoms with Gasteiger partial charge in [-0.1, -0.05) is 30.3 Å². The number of nitrogens with one attached hydrogen (secondary N) is 1. The zero-order chi connectivity index (χ0) is 27.5. The molecule has 0 radical (unpaired) electrons. The number of piperidine rings is 1. The van der Waals surface area contributed by atoms with E-state index < -0.39 is 12.3 Å². The van der Waals surface area contributed by atoms with Gasteiger partial charge in [-0.25, -0.2) is 9.18 Å². The molecule has 2 aliphatic rings. The van der Waals surface area contributed by atoms with Crippen LogP contribution in [0.3, 0.4) is 0 Å². The van der Waals surface area contributed by atoms with E-state index in [0.29, 0.717) is 42.8 Å². The molecule has 0 unspecified atom stereocenters. The number of aromatic nitrogens is 2. The van der Waals surface area contributed by atoms with Gasteiger partial charge >= 0.3 is 6.09 Å². The predicted molar refractivity (Wildman–Crippen MR) is 144 cm³/mol. The molecule has 5 rings (SSSR count). The third kappa shape index (κ3) is 5.50. The van der Waals surface area contributed by atoms with Crippen molar-refractivity contribution in [1.82, 2.24) is 14.7 Å². The van der Waals surface area contributed by atoms with Crippen molar-refractivity contribution in [3.8, 4) is 0 Å². The van der Waals surface area contributed by atoms with Gasteiger partial charge in [0, 0.05) is 29.9 Å². The summed E-state index contributed by atoms with van der Waals surface area (Å²) in [5, 5.41) is 7.16. The molecule has 2 aromatic carbocycles. The highest BCUT2D eigenvalue weighted by Crippen LogP contribution is 2.32. The Balaban J connectivity index is 1.34. The molecule has 204 valence electrons. The molecule has 9 nitrogen and oxygen atoms in total. The average Bonchev–Trinajstić information content (AvgIpc) is 3.54. The molecule has 1 fully saturated rings. The number of benzene rings is 2. The summed E-state index contributed by atoms with van der Waals surface area (Å²) in [4.78, 5) is 42.9. The maximum Gasteiger partial charge on any atom is 0.435 e. The molecule has 1 aromatic heterocycles. The van der Waals surface area contributed by atoms with Crippen LogP contribution in [0.1, 0.15) is 59.8 Å². The summed E-state index contributed by atoms with van der Waals surface area (Å²) in [5.74, 6) is -0.619. The fourth-order valence-electron chi connectivity index (χ4n) is 5.10. The monoisotopic (exact) mass is 533 g/mol. The highest BCUT2D eigenvalue weighted by atomic mass is 19.1. The summed E-state index contributed by atoms with van der Waals surface area (Å²) in [5.41, 5.74) is 3.38. The molecular formula is C29H32FN5O4. The number of carbonyl (C=O) groups is 3. The Morgan fingerprint density at radius 1 is 1.05 bits per heavy atom. The van der Waals surface area contributed by atoms with Crippen LogP contribution < -0.4 is 10.2 Å². The molecule has 1 N–H and O–H groups in total. The van der Waals surface area contributed by atoms with Gasteiger partial charge in [-0.2, -0.15) is 4.68 Å². The lowest BCUT2D eigenvalue weighted by Gasteiger charge is -2.30. The van der Waals surface area contributed by atoms with E-state index in [4.69, 9.17) is 4.74 Å². The van der Waals surface area contributed by atoms with Crippen molar-refractivity contribution < 1.29 is 23.5 Å². The van der Waals surface area contributed by atoms with Gasteiger partial charge in [0.15, 0.2) is 5.82 Å². The van der Waals surface area contributed by atoms with Crippen LogP contribution in [0.4, 0.5) is 20.7 Å². The summed E-state index contributed by atoms with van der Waals surface area (Å²) in [6.45, 7) is 5.39. The number of ether oxygens (including phenoxy) is 1. The van der Waals surface area contributed by atoms with Crippen molar-refractivity contribution in [2.75, 3.05) is 29.9 Å². The first-order chi connectivity index (χ1) is 18.9. The lowest BCUT2D eigenvalue weighted by molar-refractivity contribution is -0.133. The third-order valence-corrected chi connectivity index (χ3v) is 7.35. The Morgan fingerprint density at radius 3 is 2.41 bits per heavy atom. The fourth-order valence-corrected chi connectivity index (χ4v) is 5.10. The molecule has 2 aliphatic heterocycles. The summed E-state index contributed by atoms with van der Waals surface area (Å²) in [6.07, 6.45) is -0.420. The maximum absolute atomic E-state index is 13.5. The molecule has 10 heteroatoms. The van der Waals surface area contributed by atoms with Crippen LogP contribution in [0.2, 0.25) is 0 Å². The fraction of sp³-hybridized carbons (Fsp3) is 0.379. The average molecular weight is 534 g/mol. The van der Waals surface area contributed by atoms with Gasteiger partial charge in [0.25, 0.3) is 5.91 Å². The standard InChI is InChI=1S/C29H32FN5O4/c1-3-39-29(38)35-25-18-34(28(37)19(2)20-7-5-4-6-8-20)17-24(25)26(32-35)31-27(36)21-9-11-23(12-10-21)33-15-13-22(30)14-16-33/h4-12,19,22H,3,13-18H2,1-2H3,(H,31,32,36)/t19-/m1/s1. The molecular weight excluding hydrogens is 501 g/mol. The minimum absolute atomic E-state index is 0.0857. The van der Waals surface area contributed by atoms with Gasteiger partial charge in [-0.15, -0.1) is 5.10 Å². The number of alkyl halides is 1. The largest absolute Gasteiger partial charge is 0.448 e. The molecule has 3 heterocycles. The molecule has 0 saturated carbocycles. The third-order valence-electron chi connectivity index (χ3n) is 7.35. The highest BCUT2D eigenvalue weighted by Gasteiger charge is 2.35. The predicted octanol–water partition coefficient (Wildman–Crippen LogP) is 4.72. The van der Waals surface area contributed by atoms with Crippen molar-refractivity contribution in [2.45, 2.75) is 51.9 Å². The first kappa shape index (κ1) is 26.4. The van der Waals surface area contributed by atoms with Crippen LogP contribution in [-0.4, -0.2) is 58.5 Å². The van der Waals surface area contributed by atoms with Gasteiger partial charge < -0.3 is 19.9 Å². The lowest BCUT2D eigenvalue weighted by atomic mass is 10.00. The van der Waals surface area contributed by atoms with Crippen molar-refractivity contribution >= 4 is 29.4 Å². The second-order valence-electron chi connectivity index (χ2n) is 9.87. The number of nitrogens with zero attached hydrogens (tertiary/aromatic N) is 4. The van der Waals surface area contributed by atoms with Gasteiger partial charge in [0.05, 0.1) is 31.3 Å². The van der Waals surface area contributed by atoms with Crippen LogP contribution in [-0.2, 0) is 22.6 Å². The van der Waals surface area contributed by atoms with Gasteiger partial charge in [0.2, 0.25) is 5.91 Å². The first-order valence-corrected chi connectivity index (χ1v) is 13.3. The van der Waals surface area contributed by atoms with Crippen molar-refractivity contribution in [3.63, 3.8) is 0 Å². The topological polar surface area (TPSA) is 96.8 Å². The maximum atomic E-state index is 13.5. The zero-order valence-electron chi connectivity index (χ0n) is 22.1. The second-order valence-corrected chi connectivity index (χ2v) is 9.87. The van der Waals surface area contributed by atoms with Crippen LogP contribution in [0.25, 0.3) is 0 Å². The molecule has 1 saturated heterocycles. The number of hydrogen-bond donors (Lipinski definition) is 1. The minimum Gasteiger partial charge on any atom is -0.448 e. The number of amides is 2. The van der Waals surface area contributed by atoms with Crippen molar-refractivity contribution in [1.29, 1.82) is 0 Å². The quantitative estimate of drug-likeness (QED) is 0.492. The van der Waals surface area contributed by atoms with Gasteiger partial charge in [0.1, 0.15) is 6.17 Å². The van der Waals surface area contributed by atoms with Crippen LogP contribution in [0.15, 0.2) is 54.6 Å². The summed E-state index contributed by atoms with van der Waals surface area (Å²) >= 11 is 0. The highest BCUT2D eigenvalue weighted by molar-refractivity contribution is 6.04. The second kappa shape index (κ2) is 11.3. The van der Waals surface area contributed by atoms with E-state index in [1.807, 2.05) is 49.4 Å². The molecule has 39 heavy (non-hydrogen) atoms. The minimum atomic E-state index is -0.754. The van der Waals surface area contributed by atoms with Gasteiger partial charge in [-0.3, -0.25) is 9.59 Å². The molecule has 0 bridgehead atoms. The number of hydrogen-bond acceptors (Lipinski definition) is 6. The molecule has 3 aromatic rings. The Hall–Kier alpha value is -4.21. The first-order valence-electron chi connectivity index (χ1n) is 13.3. The Morgan fingerprint density at radius 2 is 1.74 bits per heavy atom. The van der Waals surface area contributed by atoms with E-state index in [1.165, 1.54) is 0 Å². The Labute approximate surface area is 226 Å². The Kier molecular flexibility index (Phi) is 7.63. The van der Waals surface area contributed by atoms with E-state index in [9.17, 15) is 18.8 Å². The van der Waals surface area contributed by atoms with Crippen LogP contribution in [0.5, 0.6) is 0 Å². The lowest BCUT2D eigenvalue weighted by Crippen LogP contribution is -2.34.